The molecule has 0 aliphatic rings. The van der Waals surface area contributed by atoms with Gasteiger partial charge in [0.25, 0.3) is 0 Å². The lowest BCUT2D eigenvalue weighted by molar-refractivity contribution is 0.309. The van der Waals surface area contributed by atoms with E-state index in [1.165, 1.54) is 0 Å². The zero-order chi connectivity index (χ0) is 8.48. The largest absolute Gasteiger partial charge is 0.359 e. The van der Waals surface area contributed by atoms with E-state index in [1.54, 1.807) is 6.07 Å². The first-order valence-corrected chi connectivity index (χ1v) is 3.49. The summed E-state index contributed by atoms with van der Waals surface area (Å²) in [5.41, 5.74) is 11.5. The lowest BCUT2D eigenvalue weighted by Crippen LogP contribution is -2.40. The van der Waals surface area contributed by atoms with Crippen molar-refractivity contribution in [3.8, 4) is 0 Å². The molecule has 0 saturated carbocycles. The third-order valence-electron chi connectivity index (χ3n) is 1.61. The first kappa shape index (κ1) is 8.23. The van der Waals surface area contributed by atoms with Crippen molar-refractivity contribution >= 4 is 0 Å². The predicted molar refractivity (Wildman–Crippen MR) is 41.8 cm³/mol. The molecule has 1 rings (SSSR count). The van der Waals surface area contributed by atoms with Crippen LogP contribution in [0.5, 0.6) is 0 Å². The number of hydrogen-bond acceptors (Lipinski definition) is 4. The van der Waals surface area contributed by atoms with E-state index in [4.69, 9.17) is 16.0 Å². The number of aromatic nitrogens is 1. The Morgan fingerprint density at radius 1 is 1.73 bits per heavy atom. The normalized spacial score (nSPS) is 16.4. The van der Waals surface area contributed by atoms with Crippen molar-refractivity contribution in [3.63, 3.8) is 0 Å². The molecule has 1 heterocycles. The highest BCUT2D eigenvalue weighted by Crippen LogP contribution is 2.16. The van der Waals surface area contributed by atoms with Crippen molar-refractivity contribution in [3.05, 3.63) is 17.5 Å². The molecule has 0 spiro atoms. The van der Waals surface area contributed by atoms with Crippen LogP contribution in [0.15, 0.2) is 10.6 Å². The Morgan fingerprint density at radius 3 is 2.73 bits per heavy atom. The molecule has 0 amide bonds. The number of hydrogen-bond donors (Lipinski definition) is 2. The summed E-state index contributed by atoms with van der Waals surface area (Å²) in [6.45, 7) is 4.01. The third-order valence-corrected chi connectivity index (χ3v) is 1.61. The standard InChI is InChI=1S/C7H13N3O/c1-5-3-6(11-10-5)7(2,9)4-8/h3H,4,8-9H2,1-2H3. The van der Waals surface area contributed by atoms with Crippen LogP contribution in [0.3, 0.4) is 0 Å². The maximum absolute atomic E-state index is 5.79. The Bertz CT molecular complexity index is 242. The quantitative estimate of drug-likeness (QED) is 0.635. The molecule has 0 saturated heterocycles. The van der Waals surface area contributed by atoms with Crippen LogP contribution in [0.2, 0.25) is 0 Å². The molecule has 0 aromatic carbocycles. The summed E-state index contributed by atoms with van der Waals surface area (Å²) < 4.78 is 4.96. The summed E-state index contributed by atoms with van der Waals surface area (Å²) in [6, 6.07) is 1.80. The Kier molecular flexibility index (Phi) is 1.97. The number of nitrogens with zero attached hydrogens (tertiary/aromatic N) is 1. The van der Waals surface area contributed by atoms with Crippen LogP contribution in [0.1, 0.15) is 18.4 Å². The Morgan fingerprint density at radius 2 is 2.36 bits per heavy atom. The van der Waals surface area contributed by atoms with Gasteiger partial charge < -0.3 is 16.0 Å². The molecule has 4 N–H and O–H groups in total. The number of aryl methyl sites for hydroxylation is 1. The Hall–Kier alpha value is -0.870. The maximum atomic E-state index is 5.79. The van der Waals surface area contributed by atoms with Gasteiger partial charge >= 0.3 is 0 Å². The summed E-state index contributed by atoms with van der Waals surface area (Å²) in [4.78, 5) is 0. The highest BCUT2D eigenvalue weighted by molar-refractivity contribution is 5.12. The van der Waals surface area contributed by atoms with Crippen molar-refractivity contribution in [1.82, 2.24) is 5.16 Å². The van der Waals surface area contributed by atoms with Gasteiger partial charge in [0, 0.05) is 12.6 Å². The molecule has 0 bridgehead atoms. The van der Waals surface area contributed by atoms with Crippen LogP contribution in [-0.2, 0) is 5.54 Å². The lowest BCUT2D eigenvalue weighted by Gasteiger charge is -2.17. The van der Waals surface area contributed by atoms with Gasteiger partial charge in [-0.05, 0) is 13.8 Å². The van der Waals surface area contributed by atoms with Crippen molar-refractivity contribution in [2.45, 2.75) is 19.4 Å². The molecule has 4 nitrogen and oxygen atoms in total. The fourth-order valence-corrected chi connectivity index (χ4v) is 0.733. The van der Waals surface area contributed by atoms with E-state index in [0.29, 0.717) is 12.3 Å². The molecule has 1 aromatic rings. The van der Waals surface area contributed by atoms with Gasteiger partial charge in [-0.1, -0.05) is 5.16 Å². The second kappa shape index (κ2) is 2.64. The first-order valence-electron chi connectivity index (χ1n) is 3.49. The minimum Gasteiger partial charge on any atom is -0.359 e. The number of nitrogens with two attached hydrogens (primary N) is 2. The van der Waals surface area contributed by atoms with Crippen molar-refractivity contribution < 1.29 is 4.52 Å². The molecule has 1 aromatic heterocycles. The Balaban J connectivity index is 2.92. The summed E-state index contributed by atoms with van der Waals surface area (Å²) in [7, 11) is 0. The van der Waals surface area contributed by atoms with Crippen LogP contribution in [0.25, 0.3) is 0 Å². The zero-order valence-corrected chi connectivity index (χ0v) is 6.79. The third kappa shape index (κ3) is 1.58. The monoisotopic (exact) mass is 155 g/mol. The minimum atomic E-state index is -0.596. The Labute approximate surface area is 65.5 Å². The summed E-state index contributed by atoms with van der Waals surface area (Å²) in [5.74, 6) is 0.637. The summed E-state index contributed by atoms with van der Waals surface area (Å²) in [5, 5.41) is 3.72. The van der Waals surface area contributed by atoms with Gasteiger partial charge in [-0.3, -0.25) is 0 Å². The van der Waals surface area contributed by atoms with Gasteiger partial charge in [0.15, 0.2) is 5.76 Å². The first-order chi connectivity index (χ1) is 5.06. The molecule has 1 atom stereocenters. The van der Waals surface area contributed by atoms with E-state index in [1.807, 2.05) is 13.8 Å². The van der Waals surface area contributed by atoms with Gasteiger partial charge in [-0.25, -0.2) is 0 Å². The molecule has 4 heteroatoms. The second-order valence-electron chi connectivity index (χ2n) is 2.95. The minimum absolute atomic E-state index is 0.349. The number of rotatable bonds is 2. The molecular weight excluding hydrogens is 142 g/mol. The maximum Gasteiger partial charge on any atom is 0.157 e. The molecule has 1 unspecified atom stereocenters. The van der Waals surface area contributed by atoms with Crippen molar-refractivity contribution in [2.75, 3.05) is 6.54 Å². The SMILES string of the molecule is Cc1cc(C(C)(N)CN)on1. The van der Waals surface area contributed by atoms with Gasteiger partial charge in [-0.15, -0.1) is 0 Å². The molecule has 0 aliphatic carbocycles. The molecular formula is C7H13N3O. The highest BCUT2D eigenvalue weighted by atomic mass is 16.5. The van der Waals surface area contributed by atoms with Crippen molar-refractivity contribution in [2.24, 2.45) is 11.5 Å². The fourth-order valence-electron chi connectivity index (χ4n) is 0.733. The average molecular weight is 155 g/mol. The summed E-state index contributed by atoms with van der Waals surface area (Å²) in [6.07, 6.45) is 0. The second-order valence-corrected chi connectivity index (χ2v) is 2.95. The van der Waals surface area contributed by atoms with E-state index in [-0.39, 0.29) is 0 Å². The van der Waals surface area contributed by atoms with E-state index in [9.17, 15) is 0 Å². The van der Waals surface area contributed by atoms with Crippen LogP contribution in [0, 0.1) is 6.92 Å². The molecule has 0 radical (unpaired) electrons. The van der Waals surface area contributed by atoms with Gasteiger partial charge in [0.1, 0.15) is 0 Å². The molecule has 62 valence electrons. The summed E-state index contributed by atoms with van der Waals surface area (Å²) >= 11 is 0. The van der Waals surface area contributed by atoms with Crippen molar-refractivity contribution in [1.29, 1.82) is 0 Å². The zero-order valence-electron chi connectivity index (χ0n) is 6.79. The molecule has 0 aliphatic heterocycles. The van der Waals surface area contributed by atoms with Gasteiger partial charge in [0.05, 0.1) is 11.2 Å². The van der Waals surface area contributed by atoms with Crippen LogP contribution in [0.4, 0.5) is 0 Å². The van der Waals surface area contributed by atoms with E-state index in [2.05, 4.69) is 5.16 Å². The van der Waals surface area contributed by atoms with Crippen LogP contribution < -0.4 is 11.5 Å². The van der Waals surface area contributed by atoms with E-state index < -0.39 is 5.54 Å². The molecule has 11 heavy (non-hydrogen) atoms. The van der Waals surface area contributed by atoms with Gasteiger partial charge in [-0.2, -0.15) is 0 Å². The molecule has 0 fully saturated rings. The van der Waals surface area contributed by atoms with Gasteiger partial charge in [0.2, 0.25) is 0 Å². The highest BCUT2D eigenvalue weighted by Gasteiger charge is 2.23. The van der Waals surface area contributed by atoms with E-state index >= 15 is 0 Å². The predicted octanol–water partition coefficient (Wildman–Crippen LogP) is 0.116. The van der Waals surface area contributed by atoms with Crippen LogP contribution >= 0.6 is 0 Å². The fraction of sp³-hybridized carbons (Fsp3) is 0.571. The lowest BCUT2D eigenvalue weighted by atomic mass is 10.0. The topological polar surface area (TPSA) is 78.1 Å². The van der Waals surface area contributed by atoms with E-state index in [0.717, 1.165) is 5.69 Å². The average Bonchev–Trinajstić information content (AvgIpc) is 2.36. The van der Waals surface area contributed by atoms with Crippen LogP contribution in [-0.4, -0.2) is 11.7 Å². The smallest absolute Gasteiger partial charge is 0.157 e.